The van der Waals surface area contributed by atoms with E-state index in [4.69, 9.17) is 0 Å². The fourth-order valence-electron chi connectivity index (χ4n) is 4.38. The van der Waals surface area contributed by atoms with Crippen molar-refractivity contribution >= 4 is 24.0 Å². The minimum Gasteiger partial charge on any atom is -0.300 e. The number of piperidine rings is 1. The maximum atomic E-state index is 2.77. The van der Waals surface area contributed by atoms with Crippen molar-refractivity contribution in [1.29, 1.82) is 0 Å². The van der Waals surface area contributed by atoms with E-state index in [1.165, 1.54) is 58.0 Å². The third-order valence-corrected chi connectivity index (χ3v) is 5.58. The molecule has 2 heteroatoms. The average Bonchev–Trinajstić information content (AvgIpc) is 2.99. The molecule has 1 atom stereocenters. The van der Waals surface area contributed by atoms with Crippen LogP contribution in [0, 0.1) is 0 Å². The van der Waals surface area contributed by atoms with Crippen molar-refractivity contribution in [2.75, 3.05) is 13.1 Å². The van der Waals surface area contributed by atoms with E-state index in [9.17, 15) is 0 Å². The molecule has 20 heavy (non-hydrogen) atoms. The normalized spacial score (nSPS) is 24.1. The lowest BCUT2D eigenvalue weighted by Crippen LogP contribution is -2.49. The van der Waals surface area contributed by atoms with Gasteiger partial charge in [0.1, 0.15) is 0 Å². The highest BCUT2D eigenvalue weighted by Gasteiger charge is 2.42. The highest BCUT2D eigenvalue weighted by atomic mass is 127. The molecule has 0 N–H and O–H groups in total. The molecule has 1 aliphatic carbocycles. The van der Waals surface area contributed by atoms with E-state index in [1.807, 2.05) is 0 Å². The smallest absolute Gasteiger partial charge is 0.0164 e. The van der Waals surface area contributed by atoms with E-state index in [2.05, 4.69) is 42.2 Å². The number of likely N-dealkylation sites (tertiary alicyclic amines) is 1. The van der Waals surface area contributed by atoms with Crippen molar-refractivity contribution in [3.05, 3.63) is 35.9 Å². The molecule has 0 radical (unpaired) electrons. The molecule has 1 aromatic rings. The van der Waals surface area contributed by atoms with Gasteiger partial charge in [-0.25, -0.2) is 0 Å². The Balaban J connectivity index is 0.00000147. The Morgan fingerprint density at radius 2 is 1.50 bits per heavy atom. The Bertz CT molecular complexity index is 391. The first-order valence-corrected chi connectivity index (χ1v) is 8.12. The SMILES string of the molecule is CC(N1CCCCC1)C1(c2ccccc2)CCCC1.I. The summed E-state index contributed by atoms with van der Waals surface area (Å²) in [6.45, 7) is 5.12. The Labute approximate surface area is 141 Å². The van der Waals surface area contributed by atoms with Crippen LogP contribution in [-0.4, -0.2) is 24.0 Å². The Morgan fingerprint density at radius 1 is 0.900 bits per heavy atom. The van der Waals surface area contributed by atoms with Crippen molar-refractivity contribution in [3.8, 4) is 0 Å². The molecule has 1 saturated heterocycles. The van der Waals surface area contributed by atoms with Gasteiger partial charge in [0.25, 0.3) is 0 Å². The van der Waals surface area contributed by atoms with Gasteiger partial charge in [-0.1, -0.05) is 49.6 Å². The van der Waals surface area contributed by atoms with Crippen LogP contribution in [0.2, 0.25) is 0 Å². The molecule has 1 aromatic carbocycles. The van der Waals surface area contributed by atoms with E-state index in [-0.39, 0.29) is 24.0 Å². The van der Waals surface area contributed by atoms with Gasteiger partial charge in [-0.05, 0) is 51.3 Å². The molecule has 2 fully saturated rings. The number of nitrogens with zero attached hydrogens (tertiary/aromatic N) is 1. The first-order valence-electron chi connectivity index (χ1n) is 8.12. The number of rotatable bonds is 3. The fraction of sp³-hybridized carbons (Fsp3) is 0.667. The maximum Gasteiger partial charge on any atom is 0.0164 e. The van der Waals surface area contributed by atoms with Gasteiger partial charge in [-0.15, -0.1) is 24.0 Å². The summed E-state index contributed by atoms with van der Waals surface area (Å²) in [6.07, 6.45) is 9.81. The molecule has 0 bridgehead atoms. The molecule has 1 heterocycles. The molecule has 2 aliphatic rings. The van der Waals surface area contributed by atoms with Crippen molar-refractivity contribution in [2.45, 2.75) is 63.3 Å². The lowest BCUT2D eigenvalue weighted by atomic mass is 9.72. The quantitative estimate of drug-likeness (QED) is 0.663. The van der Waals surface area contributed by atoms with Crippen LogP contribution in [-0.2, 0) is 5.41 Å². The number of halogens is 1. The topological polar surface area (TPSA) is 3.24 Å². The summed E-state index contributed by atoms with van der Waals surface area (Å²) in [6, 6.07) is 12.0. The van der Waals surface area contributed by atoms with Crippen LogP contribution in [0.3, 0.4) is 0 Å². The summed E-state index contributed by atoms with van der Waals surface area (Å²) in [5, 5.41) is 0. The zero-order valence-corrected chi connectivity index (χ0v) is 15.0. The van der Waals surface area contributed by atoms with Crippen LogP contribution >= 0.6 is 24.0 Å². The molecule has 0 spiro atoms. The van der Waals surface area contributed by atoms with Gasteiger partial charge in [-0.2, -0.15) is 0 Å². The molecular weight excluding hydrogens is 357 g/mol. The predicted octanol–water partition coefficient (Wildman–Crippen LogP) is 4.99. The molecule has 112 valence electrons. The molecule has 1 nitrogen and oxygen atoms in total. The van der Waals surface area contributed by atoms with Crippen molar-refractivity contribution < 1.29 is 0 Å². The first kappa shape index (κ1) is 16.3. The second kappa shape index (κ2) is 7.26. The molecule has 0 amide bonds. The largest absolute Gasteiger partial charge is 0.300 e. The van der Waals surface area contributed by atoms with Gasteiger partial charge < -0.3 is 0 Å². The molecule has 0 aromatic heterocycles. The highest BCUT2D eigenvalue weighted by Crippen LogP contribution is 2.45. The monoisotopic (exact) mass is 385 g/mol. The maximum absolute atomic E-state index is 2.77. The number of hydrogen-bond donors (Lipinski definition) is 0. The third kappa shape index (κ3) is 3.06. The lowest BCUT2D eigenvalue weighted by molar-refractivity contribution is 0.108. The lowest BCUT2D eigenvalue weighted by Gasteiger charge is -2.44. The molecular formula is C18H28IN. The van der Waals surface area contributed by atoms with Gasteiger partial charge in [-0.3, -0.25) is 4.90 Å². The van der Waals surface area contributed by atoms with Gasteiger partial charge in [0.15, 0.2) is 0 Å². The van der Waals surface area contributed by atoms with Crippen LogP contribution in [0.15, 0.2) is 30.3 Å². The van der Waals surface area contributed by atoms with Crippen molar-refractivity contribution in [1.82, 2.24) is 4.90 Å². The minimum absolute atomic E-state index is 0. The van der Waals surface area contributed by atoms with E-state index in [0.717, 1.165) is 0 Å². The summed E-state index contributed by atoms with van der Waals surface area (Å²) in [4.78, 5) is 2.77. The average molecular weight is 385 g/mol. The van der Waals surface area contributed by atoms with Crippen molar-refractivity contribution in [3.63, 3.8) is 0 Å². The van der Waals surface area contributed by atoms with Gasteiger partial charge in [0.2, 0.25) is 0 Å². The van der Waals surface area contributed by atoms with Gasteiger partial charge in [0, 0.05) is 11.5 Å². The number of hydrogen-bond acceptors (Lipinski definition) is 1. The predicted molar refractivity (Wildman–Crippen MR) is 96.9 cm³/mol. The zero-order valence-electron chi connectivity index (χ0n) is 12.7. The summed E-state index contributed by atoms with van der Waals surface area (Å²) >= 11 is 0. The minimum atomic E-state index is 0. The van der Waals surface area contributed by atoms with Crippen molar-refractivity contribution in [2.24, 2.45) is 0 Å². The molecule has 1 aliphatic heterocycles. The Morgan fingerprint density at radius 3 is 2.10 bits per heavy atom. The zero-order chi connectivity index (χ0) is 13.1. The van der Waals surface area contributed by atoms with Crippen LogP contribution in [0.4, 0.5) is 0 Å². The molecule has 1 saturated carbocycles. The number of benzene rings is 1. The summed E-state index contributed by atoms with van der Waals surface area (Å²) in [7, 11) is 0. The second-order valence-electron chi connectivity index (χ2n) is 6.50. The Hall–Kier alpha value is -0.0900. The third-order valence-electron chi connectivity index (χ3n) is 5.58. The van der Waals surface area contributed by atoms with E-state index in [1.54, 1.807) is 5.56 Å². The summed E-state index contributed by atoms with van der Waals surface area (Å²) in [5.41, 5.74) is 2.02. The van der Waals surface area contributed by atoms with Gasteiger partial charge in [0.05, 0.1) is 0 Å². The van der Waals surface area contributed by atoms with E-state index >= 15 is 0 Å². The van der Waals surface area contributed by atoms with E-state index < -0.39 is 0 Å². The fourth-order valence-corrected chi connectivity index (χ4v) is 4.38. The molecule has 1 unspecified atom stereocenters. The van der Waals surface area contributed by atoms with Crippen LogP contribution in [0.1, 0.15) is 57.4 Å². The highest BCUT2D eigenvalue weighted by molar-refractivity contribution is 14.0. The van der Waals surface area contributed by atoms with Crippen LogP contribution < -0.4 is 0 Å². The van der Waals surface area contributed by atoms with Crippen LogP contribution in [0.5, 0.6) is 0 Å². The molecule has 3 rings (SSSR count). The van der Waals surface area contributed by atoms with Crippen LogP contribution in [0.25, 0.3) is 0 Å². The first-order chi connectivity index (χ1) is 9.33. The second-order valence-corrected chi connectivity index (χ2v) is 6.50. The van der Waals surface area contributed by atoms with Gasteiger partial charge >= 0.3 is 0 Å². The summed E-state index contributed by atoms with van der Waals surface area (Å²) in [5.74, 6) is 0. The van der Waals surface area contributed by atoms with E-state index in [0.29, 0.717) is 11.5 Å². The standard InChI is InChI=1S/C18H27N.HI/c1-16(19-14-8-3-9-15-19)18(12-6-7-13-18)17-10-4-2-5-11-17;/h2,4-5,10-11,16H,3,6-9,12-15H2,1H3;1H. The Kier molecular flexibility index (Phi) is 5.91. The summed E-state index contributed by atoms with van der Waals surface area (Å²) < 4.78 is 0.